The van der Waals surface area contributed by atoms with Crippen molar-refractivity contribution >= 4 is 26.5 Å². The summed E-state index contributed by atoms with van der Waals surface area (Å²) in [6.07, 6.45) is 8.10. The lowest BCUT2D eigenvalue weighted by molar-refractivity contribution is 0.160. The second-order valence-corrected chi connectivity index (χ2v) is 13.5. The average molecular weight is 521 g/mol. The van der Waals surface area contributed by atoms with Gasteiger partial charge < -0.3 is 4.98 Å². The third-order valence-electron chi connectivity index (χ3n) is 8.68. The SMILES string of the molecule is Cc1c(-c2[nH]c3ccc(C4CCC(N5CCS(=O)(=O)CC5)CC4)nc3c2C(C)C)cn2ncnc2c1C. The van der Waals surface area contributed by atoms with E-state index in [4.69, 9.17) is 4.98 Å². The van der Waals surface area contributed by atoms with E-state index in [0.717, 1.165) is 59.2 Å². The fraction of sp³-hybridized carbons (Fsp3) is 0.536. The summed E-state index contributed by atoms with van der Waals surface area (Å²) in [6.45, 7) is 10.1. The van der Waals surface area contributed by atoms with Crippen LogP contribution in [0.3, 0.4) is 0 Å². The van der Waals surface area contributed by atoms with E-state index in [1.807, 2.05) is 4.52 Å². The molecule has 0 radical (unpaired) electrons. The standard InChI is InChI=1S/C28H36N6O2S/c1-17(2)25-26(22-15-34-28(29-16-30-34)19(4)18(22)3)32-24-10-9-23(31-27(24)25)20-5-7-21(8-6-20)33-11-13-37(35,36)14-12-33/h9-10,15-17,20-21,32H,5-8,11-14H2,1-4H3. The van der Waals surface area contributed by atoms with Gasteiger partial charge in [-0.3, -0.25) is 9.88 Å². The number of pyridine rings is 2. The van der Waals surface area contributed by atoms with E-state index in [-0.39, 0.29) is 0 Å². The highest BCUT2D eigenvalue weighted by atomic mass is 32.2. The Balaban J connectivity index is 1.30. The van der Waals surface area contributed by atoms with E-state index in [0.29, 0.717) is 42.5 Å². The molecule has 8 nitrogen and oxygen atoms in total. The molecule has 6 rings (SSSR count). The highest BCUT2D eigenvalue weighted by Gasteiger charge is 2.31. The largest absolute Gasteiger partial charge is 0.353 e. The lowest BCUT2D eigenvalue weighted by Crippen LogP contribution is -2.47. The highest BCUT2D eigenvalue weighted by Crippen LogP contribution is 2.39. The van der Waals surface area contributed by atoms with E-state index in [1.165, 1.54) is 16.8 Å². The molecule has 2 aliphatic rings. The predicted octanol–water partition coefficient (Wildman–Crippen LogP) is 4.77. The van der Waals surface area contributed by atoms with Crippen molar-refractivity contribution in [1.29, 1.82) is 0 Å². The molecular weight excluding hydrogens is 484 g/mol. The van der Waals surface area contributed by atoms with Crippen molar-refractivity contribution in [3.8, 4) is 11.3 Å². The minimum absolute atomic E-state index is 0.307. The molecule has 0 aromatic carbocycles. The van der Waals surface area contributed by atoms with Crippen molar-refractivity contribution < 1.29 is 8.42 Å². The molecule has 1 aliphatic carbocycles. The molecule has 1 N–H and O–H groups in total. The maximum absolute atomic E-state index is 11.8. The van der Waals surface area contributed by atoms with Gasteiger partial charge in [0.05, 0.1) is 28.2 Å². The molecule has 5 heterocycles. The van der Waals surface area contributed by atoms with Crippen LogP contribution in [0.5, 0.6) is 0 Å². The Bertz CT molecular complexity index is 1560. The lowest BCUT2D eigenvalue weighted by atomic mass is 9.83. The van der Waals surface area contributed by atoms with Gasteiger partial charge in [-0.1, -0.05) is 13.8 Å². The van der Waals surface area contributed by atoms with Crippen molar-refractivity contribution in [1.82, 2.24) is 29.5 Å². The Morgan fingerprint density at radius 3 is 2.46 bits per heavy atom. The first-order chi connectivity index (χ1) is 17.7. The van der Waals surface area contributed by atoms with Gasteiger partial charge in [0.15, 0.2) is 15.5 Å². The van der Waals surface area contributed by atoms with E-state index in [1.54, 1.807) is 6.33 Å². The third-order valence-corrected chi connectivity index (χ3v) is 10.3. The summed E-state index contributed by atoms with van der Waals surface area (Å²) in [5, 5.41) is 4.40. The Hall–Kier alpha value is -2.78. The number of sulfone groups is 1. The van der Waals surface area contributed by atoms with Crippen molar-refractivity contribution in [3.05, 3.63) is 47.0 Å². The zero-order chi connectivity index (χ0) is 25.9. The van der Waals surface area contributed by atoms with Gasteiger partial charge >= 0.3 is 0 Å². The molecule has 4 aromatic heterocycles. The monoisotopic (exact) mass is 520 g/mol. The lowest BCUT2D eigenvalue weighted by Gasteiger charge is -2.38. The van der Waals surface area contributed by atoms with Crippen LogP contribution >= 0.6 is 0 Å². The summed E-state index contributed by atoms with van der Waals surface area (Å²) in [5.41, 5.74) is 10.1. The summed E-state index contributed by atoms with van der Waals surface area (Å²) in [4.78, 5) is 15.8. The van der Waals surface area contributed by atoms with Gasteiger partial charge in [0, 0.05) is 48.1 Å². The average Bonchev–Trinajstić information content (AvgIpc) is 3.50. The Labute approximate surface area is 218 Å². The number of fused-ring (bicyclic) bond motifs is 2. The van der Waals surface area contributed by atoms with Crippen molar-refractivity contribution in [2.75, 3.05) is 24.6 Å². The number of nitrogens with one attached hydrogen (secondary N) is 1. The maximum Gasteiger partial charge on any atom is 0.158 e. The van der Waals surface area contributed by atoms with E-state index in [2.05, 4.69) is 66.0 Å². The van der Waals surface area contributed by atoms with E-state index < -0.39 is 9.84 Å². The van der Waals surface area contributed by atoms with Gasteiger partial charge in [0.25, 0.3) is 0 Å². The number of hydrogen-bond donors (Lipinski definition) is 1. The summed E-state index contributed by atoms with van der Waals surface area (Å²) in [5.74, 6) is 1.37. The van der Waals surface area contributed by atoms with Gasteiger partial charge in [-0.25, -0.2) is 17.9 Å². The van der Waals surface area contributed by atoms with Crippen LogP contribution in [-0.2, 0) is 9.84 Å². The molecule has 0 amide bonds. The molecule has 0 spiro atoms. The third kappa shape index (κ3) is 4.36. The van der Waals surface area contributed by atoms with Crippen LogP contribution < -0.4 is 0 Å². The number of hydrogen-bond acceptors (Lipinski definition) is 6. The number of aromatic nitrogens is 5. The summed E-state index contributed by atoms with van der Waals surface area (Å²) >= 11 is 0. The van der Waals surface area contributed by atoms with Gasteiger partial charge in [-0.15, -0.1) is 0 Å². The highest BCUT2D eigenvalue weighted by molar-refractivity contribution is 7.91. The van der Waals surface area contributed by atoms with Crippen molar-refractivity contribution in [2.45, 2.75) is 71.3 Å². The van der Waals surface area contributed by atoms with E-state index >= 15 is 0 Å². The second-order valence-electron chi connectivity index (χ2n) is 11.2. The first-order valence-corrected chi connectivity index (χ1v) is 15.3. The number of aryl methyl sites for hydroxylation is 1. The van der Waals surface area contributed by atoms with Gasteiger partial charge in [0.1, 0.15) is 6.33 Å². The first-order valence-electron chi connectivity index (χ1n) is 13.5. The van der Waals surface area contributed by atoms with Crippen LogP contribution in [0.4, 0.5) is 0 Å². The van der Waals surface area contributed by atoms with Gasteiger partial charge in [-0.05, 0) is 68.7 Å². The second kappa shape index (κ2) is 9.20. The molecule has 1 aliphatic heterocycles. The van der Waals surface area contributed by atoms with Gasteiger partial charge in [0.2, 0.25) is 0 Å². The minimum Gasteiger partial charge on any atom is -0.353 e. The molecule has 1 saturated carbocycles. The van der Waals surface area contributed by atoms with Crippen molar-refractivity contribution in [3.63, 3.8) is 0 Å². The van der Waals surface area contributed by atoms with Crippen LogP contribution in [-0.4, -0.2) is 68.5 Å². The first kappa shape index (κ1) is 24.6. The molecule has 37 heavy (non-hydrogen) atoms. The fourth-order valence-electron chi connectivity index (χ4n) is 6.39. The molecule has 1 saturated heterocycles. The zero-order valence-corrected chi connectivity index (χ0v) is 23.0. The number of H-pyrrole nitrogens is 1. The predicted molar refractivity (Wildman–Crippen MR) is 147 cm³/mol. The van der Waals surface area contributed by atoms with Crippen LogP contribution in [0.1, 0.15) is 73.8 Å². The Morgan fingerprint density at radius 2 is 1.76 bits per heavy atom. The number of nitrogens with zero attached hydrogens (tertiary/aromatic N) is 5. The molecule has 196 valence electrons. The number of aromatic amines is 1. The van der Waals surface area contributed by atoms with Crippen LogP contribution in [0.25, 0.3) is 27.9 Å². The minimum atomic E-state index is -2.83. The maximum atomic E-state index is 11.8. The van der Waals surface area contributed by atoms with Crippen LogP contribution in [0, 0.1) is 13.8 Å². The topological polar surface area (TPSA) is 96.2 Å². The van der Waals surface area contributed by atoms with Crippen LogP contribution in [0.2, 0.25) is 0 Å². The van der Waals surface area contributed by atoms with Crippen LogP contribution in [0.15, 0.2) is 24.7 Å². The fourth-order valence-corrected chi connectivity index (χ4v) is 7.61. The summed E-state index contributed by atoms with van der Waals surface area (Å²) < 4.78 is 25.5. The number of rotatable bonds is 4. The molecule has 0 unspecified atom stereocenters. The molecule has 2 fully saturated rings. The molecule has 0 atom stereocenters. The smallest absolute Gasteiger partial charge is 0.158 e. The molecule has 9 heteroatoms. The Kier molecular flexibility index (Phi) is 6.11. The quantitative estimate of drug-likeness (QED) is 0.416. The van der Waals surface area contributed by atoms with Crippen molar-refractivity contribution in [2.24, 2.45) is 0 Å². The Morgan fingerprint density at radius 1 is 1.03 bits per heavy atom. The van der Waals surface area contributed by atoms with E-state index in [9.17, 15) is 8.42 Å². The molecule has 4 aromatic rings. The zero-order valence-electron chi connectivity index (χ0n) is 22.2. The molecular formula is C28H36N6O2S. The summed E-state index contributed by atoms with van der Waals surface area (Å²) in [6, 6.07) is 4.90. The van der Waals surface area contributed by atoms with Gasteiger partial charge in [-0.2, -0.15) is 5.10 Å². The molecule has 0 bridgehead atoms. The summed E-state index contributed by atoms with van der Waals surface area (Å²) in [7, 11) is -2.83. The normalized spacial score (nSPS) is 22.8.